The average Bonchev–Trinajstić information content (AvgIpc) is 2.86. The molecule has 1 fully saturated rings. The third-order valence-electron chi connectivity index (χ3n) is 4.83. The number of carbonyl (C=O) groups excluding carboxylic acids is 1. The van der Waals surface area contributed by atoms with E-state index in [9.17, 15) is 4.79 Å². The van der Waals surface area contributed by atoms with Crippen molar-refractivity contribution in [2.24, 2.45) is 0 Å². The van der Waals surface area contributed by atoms with E-state index in [2.05, 4.69) is 5.32 Å². The highest BCUT2D eigenvalue weighted by Gasteiger charge is 2.42. The molecular weight excluding hydrogens is 367 g/mol. The van der Waals surface area contributed by atoms with Crippen LogP contribution in [0, 0.1) is 0 Å². The van der Waals surface area contributed by atoms with Crippen LogP contribution in [-0.4, -0.2) is 17.0 Å². The Morgan fingerprint density at radius 2 is 1.88 bits per heavy atom. The predicted octanol–water partition coefficient (Wildman–Crippen LogP) is 5.94. The second-order valence-corrected chi connectivity index (χ2v) is 7.51. The number of nitrogens with one attached hydrogen (secondary N) is 1. The molecule has 124 valence electrons. The molecule has 1 saturated heterocycles. The maximum atomic E-state index is 12.8. The molecule has 6 heteroatoms. The van der Waals surface area contributed by atoms with Crippen LogP contribution in [0.15, 0.2) is 36.4 Å². The zero-order valence-corrected chi connectivity index (χ0v) is 15.0. The van der Waals surface area contributed by atoms with E-state index < -0.39 is 0 Å². The van der Waals surface area contributed by atoms with Gasteiger partial charge in [-0.3, -0.25) is 0 Å². The molecule has 0 aliphatic carbocycles. The zero-order valence-electron chi connectivity index (χ0n) is 12.7. The van der Waals surface area contributed by atoms with Gasteiger partial charge in [0.2, 0.25) is 0 Å². The van der Waals surface area contributed by atoms with Crippen LogP contribution >= 0.6 is 34.8 Å². The first-order chi connectivity index (χ1) is 11.5. The van der Waals surface area contributed by atoms with Crippen LogP contribution in [0.25, 0.3) is 0 Å². The Labute approximate surface area is 155 Å². The molecule has 0 radical (unpaired) electrons. The molecule has 1 N–H and O–H groups in total. The summed E-state index contributed by atoms with van der Waals surface area (Å²) in [6.07, 6.45) is 2.83. The molecule has 0 spiro atoms. The Bertz CT molecular complexity index is 824. The van der Waals surface area contributed by atoms with Gasteiger partial charge in [-0.25, -0.2) is 4.79 Å². The highest BCUT2D eigenvalue weighted by molar-refractivity contribution is 6.42. The molecule has 24 heavy (non-hydrogen) atoms. The first-order valence-electron chi connectivity index (χ1n) is 7.85. The molecule has 3 nitrogen and oxygen atoms in total. The summed E-state index contributed by atoms with van der Waals surface area (Å²) in [6.45, 7) is 0. The van der Waals surface area contributed by atoms with Gasteiger partial charge in [0.15, 0.2) is 0 Å². The van der Waals surface area contributed by atoms with Crippen molar-refractivity contribution >= 4 is 46.5 Å². The Balaban J connectivity index is 1.59. The van der Waals surface area contributed by atoms with Gasteiger partial charge >= 0.3 is 6.03 Å². The highest BCUT2D eigenvalue weighted by atomic mass is 35.5. The third kappa shape index (κ3) is 2.75. The second-order valence-electron chi connectivity index (χ2n) is 6.26. The van der Waals surface area contributed by atoms with Gasteiger partial charge in [-0.1, -0.05) is 40.9 Å². The number of urea groups is 1. The summed E-state index contributed by atoms with van der Waals surface area (Å²) in [5.74, 6) is 0. The van der Waals surface area contributed by atoms with Crippen LogP contribution in [0.2, 0.25) is 15.1 Å². The lowest BCUT2D eigenvalue weighted by Gasteiger charge is -2.36. The number of anilines is 1. The van der Waals surface area contributed by atoms with Crippen LogP contribution in [-0.2, 0) is 6.42 Å². The molecule has 2 aliphatic rings. The van der Waals surface area contributed by atoms with E-state index in [0.717, 1.165) is 24.3 Å². The summed E-state index contributed by atoms with van der Waals surface area (Å²) in [5, 5.41) is 4.59. The molecule has 0 aromatic heterocycles. The van der Waals surface area contributed by atoms with Crippen molar-refractivity contribution in [1.82, 2.24) is 4.90 Å². The quantitative estimate of drug-likeness (QED) is 0.651. The van der Waals surface area contributed by atoms with E-state index in [1.165, 1.54) is 11.1 Å². The summed E-state index contributed by atoms with van der Waals surface area (Å²) in [5.41, 5.74) is 3.11. The van der Waals surface area contributed by atoms with Gasteiger partial charge in [-0.2, -0.15) is 0 Å². The number of fused-ring (bicyclic) bond motifs is 4. The Hall–Kier alpha value is -1.42. The van der Waals surface area contributed by atoms with E-state index in [1.54, 1.807) is 18.2 Å². The first-order valence-corrected chi connectivity index (χ1v) is 8.99. The molecule has 0 saturated carbocycles. The standard InChI is InChI=1S/C18H15Cl3N2O/c19-11-1-4-14-10(7-11)8-13-3-6-17(14)23(13)18(24)22-12-2-5-15(20)16(21)9-12/h1-2,4-5,7,9,13,17H,3,6,8H2,(H,22,24)/t13-,17+/m1/s1. The van der Waals surface area contributed by atoms with E-state index in [0.29, 0.717) is 15.7 Å². The van der Waals surface area contributed by atoms with Crippen molar-refractivity contribution in [1.29, 1.82) is 0 Å². The minimum absolute atomic E-state index is 0.0958. The third-order valence-corrected chi connectivity index (χ3v) is 5.80. The maximum absolute atomic E-state index is 12.8. The summed E-state index contributed by atoms with van der Waals surface area (Å²) in [6, 6.07) is 11.3. The molecule has 2 amide bonds. The summed E-state index contributed by atoms with van der Waals surface area (Å²) in [7, 11) is 0. The summed E-state index contributed by atoms with van der Waals surface area (Å²) in [4.78, 5) is 14.8. The molecule has 2 heterocycles. The fourth-order valence-corrected chi connectivity index (χ4v) is 4.28. The molecule has 2 atom stereocenters. The smallest absolute Gasteiger partial charge is 0.314 e. The van der Waals surface area contributed by atoms with Gasteiger partial charge in [0, 0.05) is 16.8 Å². The van der Waals surface area contributed by atoms with E-state index in [4.69, 9.17) is 34.8 Å². The molecule has 2 aliphatic heterocycles. The fourth-order valence-electron chi connectivity index (χ4n) is 3.79. The molecular formula is C18H15Cl3N2O. The number of carbonyl (C=O) groups is 1. The van der Waals surface area contributed by atoms with Gasteiger partial charge in [0.25, 0.3) is 0 Å². The van der Waals surface area contributed by atoms with E-state index in [1.807, 2.05) is 23.1 Å². The Kier molecular flexibility index (Phi) is 4.11. The van der Waals surface area contributed by atoms with Gasteiger partial charge in [-0.15, -0.1) is 0 Å². The van der Waals surface area contributed by atoms with Crippen LogP contribution in [0.1, 0.15) is 30.0 Å². The normalized spacial score (nSPS) is 21.5. The second kappa shape index (κ2) is 6.14. The first kappa shape index (κ1) is 16.1. The van der Waals surface area contributed by atoms with Gasteiger partial charge in [-0.05, 0) is 60.7 Å². The van der Waals surface area contributed by atoms with Crippen molar-refractivity contribution in [2.75, 3.05) is 5.32 Å². The summed E-state index contributed by atoms with van der Waals surface area (Å²) >= 11 is 18.1. The van der Waals surface area contributed by atoms with Gasteiger partial charge in [0.1, 0.15) is 0 Å². The number of amides is 2. The topological polar surface area (TPSA) is 32.3 Å². The molecule has 2 aromatic rings. The maximum Gasteiger partial charge on any atom is 0.322 e. The number of hydrogen-bond acceptors (Lipinski definition) is 1. The zero-order chi connectivity index (χ0) is 16.8. The van der Waals surface area contributed by atoms with E-state index in [-0.39, 0.29) is 18.1 Å². The minimum atomic E-state index is -0.0958. The average molecular weight is 382 g/mol. The van der Waals surface area contributed by atoms with Gasteiger partial charge in [0.05, 0.1) is 16.1 Å². The number of hydrogen-bond donors (Lipinski definition) is 1. The lowest BCUT2D eigenvalue weighted by atomic mass is 9.93. The van der Waals surface area contributed by atoms with Crippen LogP contribution < -0.4 is 5.32 Å². The van der Waals surface area contributed by atoms with Crippen LogP contribution in [0.3, 0.4) is 0 Å². The van der Waals surface area contributed by atoms with Gasteiger partial charge < -0.3 is 10.2 Å². The van der Waals surface area contributed by atoms with Crippen molar-refractivity contribution in [2.45, 2.75) is 31.3 Å². The van der Waals surface area contributed by atoms with Crippen molar-refractivity contribution in [3.63, 3.8) is 0 Å². The highest BCUT2D eigenvalue weighted by Crippen LogP contribution is 2.44. The minimum Gasteiger partial charge on any atom is -0.314 e. The SMILES string of the molecule is O=C(Nc1ccc(Cl)c(Cl)c1)N1[C@@H]2CC[C@H]1c1ccc(Cl)cc1C2. The van der Waals surface area contributed by atoms with Crippen LogP contribution in [0.5, 0.6) is 0 Å². The number of halogens is 3. The molecule has 4 rings (SSSR count). The number of rotatable bonds is 1. The van der Waals surface area contributed by atoms with Crippen LogP contribution in [0.4, 0.5) is 10.5 Å². The van der Waals surface area contributed by atoms with E-state index >= 15 is 0 Å². The lowest BCUT2D eigenvalue weighted by Crippen LogP contribution is -2.44. The lowest BCUT2D eigenvalue weighted by molar-refractivity contribution is 0.179. The fraction of sp³-hybridized carbons (Fsp3) is 0.278. The Morgan fingerprint density at radius 1 is 1.04 bits per heavy atom. The number of nitrogens with zero attached hydrogens (tertiary/aromatic N) is 1. The monoisotopic (exact) mass is 380 g/mol. The largest absolute Gasteiger partial charge is 0.322 e. The predicted molar refractivity (Wildman–Crippen MR) is 98.2 cm³/mol. The van der Waals surface area contributed by atoms with Crippen molar-refractivity contribution in [3.8, 4) is 0 Å². The summed E-state index contributed by atoms with van der Waals surface area (Å²) < 4.78 is 0. The number of benzene rings is 2. The van der Waals surface area contributed by atoms with Crippen molar-refractivity contribution in [3.05, 3.63) is 62.6 Å². The Morgan fingerprint density at radius 3 is 2.67 bits per heavy atom. The molecule has 0 unspecified atom stereocenters. The molecule has 2 bridgehead atoms. The van der Waals surface area contributed by atoms with Crippen molar-refractivity contribution < 1.29 is 4.79 Å². The molecule has 2 aromatic carbocycles.